The topological polar surface area (TPSA) is 57.9 Å². The number of aromatic nitrogens is 1. The van der Waals surface area contributed by atoms with Gasteiger partial charge in [0, 0.05) is 24.5 Å². The van der Waals surface area contributed by atoms with Gasteiger partial charge in [0.2, 0.25) is 5.88 Å². The molecule has 1 aromatic carbocycles. The molecular formula is C14H12FN3O. The van der Waals surface area contributed by atoms with Gasteiger partial charge >= 0.3 is 0 Å². The third kappa shape index (κ3) is 3.42. The van der Waals surface area contributed by atoms with E-state index in [1.165, 1.54) is 12.1 Å². The predicted molar refractivity (Wildman–Crippen MR) is 69.2 cm³/mol. The quantitative estimate of drug-likeness (QED) is 0.914. The molecule has 0 amide bonds. The number of nitriles is 1. The number of methoxy groups -OCH3 is 1. The Labute approximate surface area is 110 Å². The van der Waals surface area contributed by atoms with Crippen molar-refractivity contribution < 1.29 is 9.13 Å². The number of benzene rings is 1. The molecule has 1 N–H and O–H groups in total. The zero-order valence-corrected chi connectivity index (χ0v) is 10.4. The lowest BCUT2D eigenvalue weighted by atomic mass is 10.2. The van der Waals surface area contributed by atoms with E-state index in [0.717, 1.165) is 5.56 Å². The number of hydrogen-bond acceptors (Lipinski definition) is 4. The van der Waals surface area contributed by atoms with Gasteiger partial charge in [0.1, 0.15) is 5.82 Å². The molecule has 0 atom stereocenters. The smallest absolute Gasteiger partial charge is 0.213 e. The third-order valence-electron chi connectivity index (χ3n) is 2.53. The van der Waals surface area contributed by atoms with Crippen molar-refractivity contribution in [3.8, 4) is 11.9 Å². The summed E-state index contributed by atoms with van der Waals surface area (Å²) in [4.78, 5) is 4.00. The second kappa shape index (κ2) is 5.83. The maximum atomic E-state index is 13.2. The fraction of sp³-hybridized carbons (Fsp3) is 0.143. The first-order chi connectivity index (χ1) is 9.21. The largest absolute Gasteiger partial charge is 0.481 e. The summed E-state index contributed by atoms with van der Waals surface area (Å²) in [5.74, 6) is 0.0881. The van der Waals surface area contributed by atoms with Crippen LogP contribution in [0.25, 0.3) is 0 Å². The highest BCUT2D eigenvalue weighted by Crippen LogP contribution is 2.15. The van der Waals surface area contributed by atoms with E-state index in [1.807, 2.05) is 12.1 Å². The molecule has 0 fully saturated rings. The summed E-state index contributed by atoms with van der Waals surface area (Å²) in [5, 5.41) is 11.8. The number of nitrogens with one attached hydrogen (secondary N) is 1. The van der Waals surface area contributed by atoms with E-state index < -0.39 is 5.82 Å². The fourth-order valence-corrected chi connectivity index (χ4v) is 1.63. The van der Waals surface area contributed by atoms with Crippen LogP contribution in [0.4, 0.5) is 10.1 Å². The number of pyridine rings is 1. The first kappa shape index (κ1) is 12.8. The summed E-state index contributed by atoms with van der Waals surface area (Å²) < 4.78 is 18.3. The molecule has 1 heterocycles. The highest BCUT2D eigenvalue weighted by molar-refractivity contribution is 5.50. The molecule has 0 unspecified atom stereocenters. The molecule has 0 bridgehead atoms. The minimum atomic E-state index is -0.436. The van der Waals surface area contributed by atoms with Crippen LogP contribution < -0.4 is 10.1 Å². The standard InChI is InChI=1S/C14H12FN3O/c1-19-14-6-10(2-3-17-14)9-18-13-5-11(8-16)4-12(15)7-13/h2-7,18H,9H2,1H3. The first-order valence-electron chi connectivity index (χ1n) is 5.65. The van der Waals surface area contributed by atoms with Crippen molar-refractivity contribution in [3.63, 3.8) is 0 Å². The van der Waals surface area contributed by atoms with Crippen LogP contribution in [0.2, 0.25) is 0 Å². The first-order valence-corrected chi connectivity index (χ1v) is 5.65. The summed E-state index contributed by atoms with van der Waals surface area (Å²) in [5.41, 5.74) is 1.80. The van der Waals surface area contributed by atoms with Crippen molar-refractivity contribution in [1.82, 2.24) is 4.98 Å². The highest BCUT2D eigenvalue weighted by atomic mass is 19.1. The van der Waals surface area contributed by atoms with Gasteiger partial charge in [-0.05, 0) is 29.8 Å². The van der Waals surface area contributed by atoms with Crippen LogP contribution in [0.3, 0.4) is 0 Å². The Bertz CT molecular complexity index is 622. The normalized spacial score (nSPS) is 9.74. The molecule has 2 rings (SSSR count). The maximum absolute atomic E-state index is 13.2. The molecular weight excluding hydrogens is 245 g/mol. The monoisotopic (exact) mass is 257 g/mol. The van der Waals surface area contributed by atoms with E-state index in [9.17, 15) is 4.39 Å². The molecule has 1 aromatic heterocycles. The minimum absolute atomic E-state index is 0.287. The van der Waals surface area contributed by atoms with E-state index in [-0.39, 0.29) is 5.56 Å². The molecule has 2 aromatic rings. The summed E-state index contributed by atoms with van der Waals surface area (Å²) in [6.45, 7) is 0.493. The van der Waals surface area contributed by atoms with Crippen molar-refractivity contribution in [3.05, 3.63) is 53.5 Å². The van der Waals surface area contributed by atoms with Gasteiger partial charge in [-0.3, -0.25) is 0 Å². The van der Waals surface area contributed by atoms with Crippen molar-refractivity contribution in [2.24, 2.45) is 0 Å². The molecule has 0 aliphatic heterocycles. The Kier molecular flexibility index (Phi) is 3.94. The lowest BCUT2D eigenvalue weighted by Crippen LogP contribution is -2.01. The average Bonchev–Trinajstić information content (AvgIpc) is 2.44. The van der Waals surface area contributed by atoms with Gasteiger partial charge in [-0.1, -0.05) is 0 Å². The van der Waals surface area contributed by atoms with Crippen LogP contribution in [0, 0.1) is 17.1 Å². The van der Waals surface area contributed by atoms with Gasteiger partial charge in [-0.25, -0.2) is 9.37 Å². The maximum Gasteiger partial charge on any atom is 0.213 e. The van der Waals surface area contributed by atoms with E-state index in [1.54, 1.807) is 25.4 Å². The van der Waals surface area contributed by atoms with Crippen LogP contribution in [0.1, 0.15) is 11.1 Å². The number of hydrogen-bond donors (Lipinski definition) is 1. The Balaban J connectivity index is 2.10. The van der Waals surface area contributed by atoms with Gasteiger partial charge < -0.3 is 10.1 Å². The van der Waals surface area contributed by atoms with Gasteiger partial charge in [-0.2, -0.15) is 5.26 Å². The third-order valence-corrected chi connectivity index (χ3v) is 2.53. The van der Waals surface area contributed by atoms with Gasteiger partial charge in [0.05, 0.1) is 18.7 Å². The van der Waals surface area contributed by atoms with E-state index in [2.05, 4.69) is 10.3 Å². The van der Waals surface area contributed by atoms with Gasteiger partial charge in [0.25, 0.3) is 0 Å². The number of anilines is 1. The number of nitrogens with zero attached hydrogens (tertiary/aromatic N) is 2. The Morgan fingerprint density at radius 2 is 2.21 bits per heavy atom. The van der Waals surface area contributed by atoms with E-state index in [4.69, 9.17) is 10.00 Å². The molecule has 4 nitrogen and oxygen atoms in total. The summed E-state index contributed by atoms with van der Waals surface area (Å²) in [7, 11) is 1.55. The van der Waals surface area contributed by atoms with E-state index >= 15 is 0 Å². The molecule has 96 valence electrons. The molecule has 0 radical (unpaired) electrons. The zero-order chi connectivity index (χ0) is 13.7. The SMILES string of the molecule is COc1cc(CNc2cc(F)cc(C#N)c2)ccn1. The van der Waals surface area contributed by atoms with Gasteiger partial charge in [0.15, 0.2) is 0 Å². The molecule has 0 aliphatic rings. The predicted octanol–water partition coefficient (Wildman–Crippen LogP) is 2.71. The number of ether oxygens (including phenoxy) is 1. The molecule has 0 spiro atoms. The highest BCUT2D eigenvalue weighted by Gasteiger charge is 2.01. The lowest BCUT2D eigenvalue weighted by molar-refractivity contribution is 0.397. The van der Waals surface area contributed by atoms with Crippen molar-refractivity contribution in [2.75, 3.05) is 12.4 Å². The molecule has 5 heteroatoms. The Morgan fingerprint density at radius 3 is 2.95 bits per heavy atom. The summed E-state index contributed by atoms with van der Waals surface area (Å²) >= 11 is 0. The van der Waals surface area contributed by atoms with Crippen LogP contribution >= 0.6 is 0 Å². The van der Waals surface area contributed by atoms with Crippen LogP contribution in [-0.2, 0) is 6.54 Å². The second-order valence-electron chi connectivity index (χ2n) is 3.90. The molecule has 0 saturated heterocycles. The number of halogens is 1. The van der Waals surface area contributed by atoms with Crippen molar-refractivity contribution >= 4 is 5.69 Å². The number of rotatable bonds is 4. The second-order valence-corrected chi connectivity index (χ2v) is 3.90. The Hall–Kier alpha value is -2.61. The Morgan fingerprint density at radius 1 is 1.37 bits per heavy atom. The van der Waals surface area contributed by atoms with Crippen molar-refractivity contribution in [2.45, 2.75) is 6.54 Å². The van der Waals surface area contributed by atoms with Gasteiger partial charge in [-0.15, -0.1) is 0 Å². The summed E-state index contributed by atoms with van der Waals surface area (Å²) in [6, 6.07) is 9.68. The average molecular weight is 257 g/mol. The fourth-order valence-electron chi connectivity index (χ4n) is 1.63. The minimum Gasteiger partial charge on any atom is -0.481 e. The van der Waals surface area contributed by atoms with E-state index in [0.29, 0.717) is 18.1 Å². The van der Waals surface area contributed by atoms with Crippen molar-refractivity contribution in [1.29, 1.82) is 5.26 Å². The lowest BCUT2D eigenvalue weighted by Gasteiger charge is -2.08. The molecule has 19 heavy (non-hydrogen) atoms. The van der Waals surface area contributed by atoms with Crippen LogP contribution in [0.15, 0.2) is 36.5 Å². The molecule has 0 saturated carbocycles. The molecule has 0 aliphatic carbocycles. The summed E-state index contributed by atoms with van der Waals surface area (Å²) in [6.07, 6.45) is 1.64. The van der Waals surface area contributed by atoms with Crippen LogP contribution in [0.5, 0.6) is 5.88 Å². The zero-order valence-electron chi connectivity index (χ0n) is 10.4. The van der Waals surface area contributed by atoms with Crippen LogP contribution in [-0.4, -0.2) is 12.1 Å².